The van der Waals surface area contributed by atoms with E-state index in [-0.39, 0.29) is 11.9 Å². The van der Waals surface area contributed by atoms with Crippen molar-refractivity contribution in [2.45, 2.75) is 38.6 Å². The van der Waals surface area contributed by atoms with E-state index in [0.29, 0.717) is 22.2 Å². The molecule has 0 spiro atoms. The molecule has 2 heterocycles. The van der Waals surface area contributed by atoms with Crippen LogP contribution in [0.5, 0.6) is 0 Å². The summed E-state index contributed by atoms with van der Waals surface area (Å²) in [5.41, 5.74) is 3.09. The monoisotopic (exact) mass is 354 g/mol. The second kappa shape index (κ2) is 6.15. The number of pyridine rings is 1. The van der Waals surface area contributed by atoms with Gasteiger partial charge in [-0.1, -0.05) is 11.6 Å². The Kier molecular flexibility index (Phi) is 3.96. The standard InChI is InChI=1S/C19H19ClN4O/c1-11(2)24-18-16(10-21-24)15(9-17(23-18)12-3-4-12)19(25)22-14-7-5-13(20)6-8-14/h5-12H,3-4H2,1-2H3,(H,22,25). The van der Waals surface area contributed by atoms with Crippen LogP contribution in [-0.4, -0.2) is 20.7 Å². The summed E-state index contributed by atoms with van der Waals surface area (Å²) < 4.78 is 1.88. The molecule has 1 aromatic carbocycles. The molecule has 3 aromatic rings. The topological polar surface area (TPSA) is 59.8 Å². The number of amides is 1. The van der Waals surface area contributed by atoms with Crippen LogP contribution in [0, 0.1) is 0 Å². The van der Waals surface area contributed by atoms with E-state index in [4.69, 9.17) is 16.6 Å². The zero-order chi connectivity index (χ0) is 17.6. The number of halogens is 1. The number of fused-ring (bicyclic) bond motifs is 1. The number of anilines is 1. The third-order valence-corrected chi connectivity index (χ3v) is 4.67. The maximum absolute atomic E-state index is 12.9. The van der Waals surface area contributed by atoms with Crippen LogP contribution in [0.25, 0.3) is 11.0 Å². The first-order valence-corrected chi connectivity index (χ1v) is 8.86. The second-order valence-corrected chi connectivity index (χ2v) is 7.19. The summed E-state index contributed by atoms with van der Waals surface area (Å²) in [5.74, 6) is 0.307. The van der Waals surface area contributed by atoms with E-state index in [1.165, 1.54) is 0 Å². The van der Waals surface area contributed by atoms with Gasteiger partial charge in [-0.15, -0.1) is 0 Å². The Hall–Kier alpha value is -2.40. The Morgan fingerprint density at radius 2 is 2.00 bits per heavy atom. The summed E-state index contributed by atoms with van der Waals surface area (Å²) in [6.45, 7) is 4.12. The number of nitrogens with zero attached hydrogens (tertiary/aromatic N) is 3. The summed E-state index contributed by atoms with van der Waals surface area (Å²) in [7, 11) is 0. The molecule has 6 heteroatoms. The number of carbonyl (C=O) groups is 1. The first kappa shape index (κ1) is 16.1. The predicted molar refractivity (Wildman–Crippen MR) is 99.3 cm³/mol. The van der Waals surface area contributed by atoms with Gasteiger partial charge in [-0.25, -0.2) is 9.67 Å². The van der Waals surface area contributed by atoms with Gasteiger partial charge >= 0.3 is 0 Å². The van der Waals surface area contributed by atoms with Crippen LogP contribution in [0.4, 0.5) is 5.69 Å². The first-order valence-electron chi connectivity index (χ1n) is 8.48. The molecule has 0 radical (unpaired) electrons. The van der Waals surface area contributed by atoms with E-state index in [1.807, 2.05) is 10.7 Å². The fraction of sp³-hybridized carbons (Fsp3) is 0.316. The summed E-state index contributed by atoms with van der Waals surface area (Å²) >= 11 is 5.91. The van der Waals surface area contributed by atoms with E-state index < -0.39 is 0 Å². The molecule has 0 aliphatic heterocycles. The van der Waals surface area contributed by atoms with Gasteiger partial charge in [0.2, 0.25) is 0 Å². The molecule has 1 N–H and O–H groups in total. The third kappa shape index (κ3) is 3.12. The lowest BCUT2D eigenvalue weighted by Gasteiger charge is -2.11. The van der Waals surface area contributed by atoms with Gasteiger partial charge in [0.25, 0.3) is 5.91 Å². The molecule has 1 saturated carbocycles. The van der Waals surface area contributed by atoms with Crippen LogP contribution in [0.1, 0.15) is 54.7 Å². The van der Waals surface area contributed by atoms with Crippen molar-refractivity contribution in [2.75, 3.05) is 5.32 Å². The SMILES string of the molecule is CC(C)n1ncc2c(C(=O)Nc3ccc(Cl)cc3)cc(C3CC3)nc21. The lowest BCUT2D eigenvalue weighted by molar-refractivity contribution is 0.102. The van der Waals surface area contributed by atoms with Crippen LogP contribution >= 0.6 is 11.6 Å². The smallest absolute Gasteiger partial charge is 0.256 e. The largest absolute Gasteiger partial charge is 0.322 e. The van der Waals surface area contributed by atoms with Crippen molar-refractivity contribution in [3.8, 4) is 0 Å². The highest BCUT2D eigenvalue weighted by Gasteiger charge is 2.28. The van der Waals surface area contributed by atoms with E-state index in [9.17, 15) is 4.79 Å². The quantitative estimate of drug-likeness (QED) is 0.732. The predicted octanol–water partition coefficient (Wildman–Crippen LogP) is 4.80. The Morgan fingerprint density at radius 1 is 1.28 bits per heavy atom. The van der Waals surface area contributed by atoms with Crippen molar-refractivity contribution in [3.63, 3.8) is 0 Å². The molecule has 5 nitrogen and oxygen atoms in total. The molecule has 1 amide bonds. The summed E-state index contributed by atoms with van der Waals surface area (Å²) in [4.78, 5) is 17.7. The van der Waals surface area contributed by atoms with Gasteiger partial charge in [-0.2, -0.15) is 5.10 Å². The lowest BCUT2D eigenvalue weighted by atomic mass is 10.1. The number of benzene rings is 1. The van der Waals surface area contributed by atoms with Crippen LogP contribution in [0.15, 0.2) is 36.5 Å². The molecule has 4 rings (SSSR count). The number of hydrogen-bond acceptors (Lipinski definition) is 3. The normalized spacial score (nSPS) is 14.2. The number of rotatable bonds is 4. The van der Waals surface area contributed by atoms with Crippen molar-refractivity contribution in [1.82, 2.24) is 14.8 Å². The highest BCUT2D eigenvalue weighted by molar-refractivity contribution is 6.30. The van der Waals surface area contributed by atoms with Crippen LogP contribution in [0.2, 0.25) is 5.02 Å². The van der Waals surface area contributed by atoms with E-state index >= 15 is 0 Å². The Bertz CT molecular complexity index is 942. The Morgan fingerprint density at radius 3 is 2.64 bits per heavy atom. The second-order valence-electron chi connectivity index (χ2n) is 6.75. The van der Waals surface area contributed by atoms with E-state index in [2.05, 4.69) is 24.3 Å². The molecule has 128 valence electrons. The average molecular weight is 355 g/mol. The molecule has 0 bridgehead atoms. The van der Waals surface area contributed by atoms with Gasteiger partial charge in [0.1, 0.15) is 0 Å². The van der Waals surface area contributed by atoms with Gasteiger partial charge in [-0.05, 0) is 57.0 Å². The summed E-state index contributed by atoms with van der Waals surface area (Å²) in [5, 5.41) is 8.79. The van der Waals surface area contributed by atoms with Crippen molar-refractivity contribution in [3.05, 3.63) is 52.8 Å². The van der Waals surface area contributed by atoms with Crippen molar-refractivity contribution < 1.29 is 4.79 Å². The Labute approximate surface area is 151 Å². The van der Waals surface area contributed by atoms with Crippen LogP contribution in [0.3, 0.4) is 0 Å². The Balaban J connectivity index is 1.76. The van der Waals surface area contributed by atoms with Gasteiger partial charge < -0.3 is 5.32 Å². The average Bonchev–Trinajstić information content (AvgIpc) is 3.35. The van der Waals surface area contributed by atoms with Crippen LogP contribution < -0.4 is 5.32 Å². The molecule has 1 aliphatic carbocycles. The minimum atomic E-state index is -0.153. The van der Waals surface area contributed by atoms with Gasteiger partial charge in [0.05, 0.1) is 17.1 Å². The van der Waals surface area contributed by atoms with E-state index in [0.717, 1.165) is 29.6 Å². The zero-order valence-electron chi connectivity index (χ0n) is 14.2. The fourth-order valence-electron chi connectivity index (χ4n) is 2.92. The van der Waals surface area contributed by atoms with Gasteiger partial charge in [0.15, 0.2) is 5.65 Å². The minimum Gasteiger partial charge on any atom is -0.322 e. The minimum absolute atomic E-state index is 0.153. The molecular weight excluding hydrogens is 336 g/mol. The highest BCUT2D eigenvalue weighted by atomic mass is 35.5. The molecule has 0 unspecified atom stereocenters. The van der Waals surface area contributed by atoms with Gasteiger partial charge in [-0.3, -0.25) is 4.79 Å². The third-order valence-electron chi connectivity index (χ3n) is 4.42. The maximum atomic E-state index is 12.9. The van der Waals surface area contributed by atoms with Gasteiger partial charge in [0, 0.05) is 28.4 Å². The fourth-order valence-corrected chi connectivity index (χ4v) is 3.05. The highest BCUT2D eigenvalue weighted by Crippen LogP contribution is 2.40. The molecule has 1 aliphatic rings. The van der Waals surface area contributed by atoms with Crippen molar-refractivity contribution in [1.29, 1.82) is 0 Å². The summed E-state index contributed by atoms with van der Waals surface area (Å²) in [6, 6.07) is 9.19. The number of aromatic nitrogens is 3. The first-order chi connectivity index (χ1) is 12.0. The number of hydrogen-bond donors (Lipinski definition) is 1. The molecule has 1 fully saturated rings. The molecular formula is C19H19ClN4O. The molecule has 0 atom stereocenters. The number of carbonyl (C=O) groups excluding carboxylic acids is 1. The maximum Gasteiger partial charge on any atom is 0.256 e. The summed E-state index contributed by atoms with van der Waals surface area (Å²) in [6.07, 6.45) is 3.99. The zero-order valence-corrected chi connectivity index (χ0v) is 14.9. The van der Waals surface area contributed by atoms with Crippen LogP contribution in [-0.2, 0) is 0 Å². The van der Waals surface area contributed by atoms with Crippen molar-refractivity contribution >= 4 is 34.2 Å². The molecule has 25 heavy (non-hydrogen) atoms. The van der Waals surface area contributed by atoms with Crippen molar-refractivity contribution in [2.24, 2.45) is 0 Å². The number of nitrogens with one attached hydrogen (secondary N) is 1. The van der Waals surface area contributed by atoms with E-state index in [1.54, 1.807) is 30.5 Å². The molecule has 0 saturated heterocycles. The lowest BCUT2D eigenvalue weighted by Crippen LogP contribution is -2.13. The molecule has 2 aromatic heterocycles.